The number of rotatable bonds is 20. The standard InChI is InChI=1S/C41H50F2O2/c1-3-5-7-8-9-10-11-12-13-15-30-44-37-26-24-35(25-27-37)33-18-16-32(17-19-33)34-20-22-36(23-21-34)38-28-29-39(41(43)40(38)42)45-31-14-6-4-2/h16-29H,3-15,30-31H2,1-2H3. The highest BCUT2D eigenvalue weighted by molar-refractivity contribution is 5.74. The van der Waals surface area contributed by atoms with Crippen LogP contribution in [0.3, 0.4) is 0 Å². The van der Waals surface area contributed by atoms with Crippen LogP contribution in [0, 0.1) is 11.6 Å². The van der Waals surface area contributed by atoms with Crippen LogP contribution in [-0.2, 0) is 0 Å². The monoisotopic (exact) mass is 612 g/mol. The van der Waals surface area contributed by atoms with Crippen molar-refractivity contribution in [2.75, 3.05) is 13.2 Å². The summed E-state index contributed by atoms with van der Waals surface area (Å²) in [6.07, 6.45) is 16.1. The highest BCUT2D eigenvalue weighted by atomic mass is 19.2. The maximum Gasteiger partial charge on any atom is 0.201 e. The zero-order valence-electron chi connectivity index (χ0n) is 27.3. The Hall–Kier alpha value is -3.66. The lowest BCUT2D eigenvalue weighted by Gasteiger charge is -2.11. The summed E-state index contributed by atoms with van der Waals surface area (Å²) in [5.74, 6) is -0.930. The Balaban J connectivity index is 1.24. The van der Waals surface area contributed by atoms with Gasteiger partial charge in [-0.25, -0.2) is 4.39 Å². The molecule has 0 aliphatic heterocycles. The molecule has 0 radical (unpaired) electrons. The van der Waals surface area contributed by atoms with Crippen molar-refractivity contribution in [3.05, 3.63) is 96.6 Å². The fourth-order valence-corrected chi connectivity index (χ4v) is 5.62. The molecule has 0 aromatic heterocycles. The van der Waals surface area contributed by atoms with Gasteiger partial charge in [0.1, 0.15) is 5.75 Å². The molecule has 240 valence electrons. The molecular weight excluding hydrogens is 562 g/mol. The lowest BCUT2D eigenvalue weighted by Crippen LogP contribution is -2.01. The molecule has 0 saturated heterocycles. The molecule has 2 nitrogen and oxygen atoms in total. The molecule has 0 fully saturated rings. The Kier molecular flexibility index (Phi) is 14.4. The Morgan fingerprint density at radius 3 is 1.33 bits per heavy atom. The van der Waals surface area contributed by atoms with E-state index < -0.39 is 11.6 Å². The largest absolute Gasteiger partial charge is 0.494 e. The molecular formula is C41H50F2O2. The van der Waals surface area contributed by atoms with Gasteiger partial charge in [-0.3, -0.25) is 0 Å². The zero-order valence-corrected chi connectivity index (χ0v) is 27.3. The molecule has 4 rings (SSSR count). The number of benzene rings is 4. The summed E-state index contributed by atoms with van der Waals surface area (Å²) in [4.78, 5) is 0. The summed E-state index contributed by atoms with van der Waals surface area (Å²) in [5, 5.41) is 0. The fraction of sp³-hybridized carbons (Fsp3) is 0.415. The summed E-state index contributed by atoms with van der Waals surface area (Å²) in [5.41, 5.74) is 5.19. The molecule has 4 aromatic rings. The van der Waals surface area contributed by atoms with E-state index in [1.807, 2.05) is 36.4 Å². The Morgan fingerprint density at radius 2 is 0.800 bits per heavy atom. The van der Waals surface area contributed by atoms with Crippen LogP contribution in [0.5, 0.6) is 11.5 Å². The Labute approximate surface area is 269 Å². The first-order valence-electron chi connectivity index (χ1n) is 17.2. The van der Waals surface area contributed by atoms with Crippen LogP contribution < -0.4 is 9.47 Å². The smallest absolute Gasteiger partial charge is 0.201 e. The lowest BCUT2D eigenvalue weighted by molar-refractivity contribution is 0.286. The molecule has 45 heavy (non-hydrogen) atoms. The fourth-order valence-electron chi connectivity index (χ4n) is 5.62. The quantitative estimate of drug-likeness (QED) is 0.0925. The van der Waals surface area contributed by atoms with E-state index >= 15 is 0 Å². The van der Waals surface area contributed by atoms with Crippen LogP contribution in [0.15, 0.2) is 84.9 Å². The summed E-state index contributed by atoms with van der Waals surface area (Å²) in [6.45, 7) is 5.51. The third kappa shape index (κ3) is 10.7. The molecule has 0 aliphatic carbocycles. The second-order valence-corrected chi connectivity index (χ2v) is 12.0. The molecule has 0 amide bonds. The molecule has 0 aliphatic rings. The van der Waals surface area contributed by atoms with Crippen LogP contribution in [-0.4, -0.2) is 13.2 Å². The minimum absolute atomic E-state index is 0.0319. The number of hydrogen-bond donors (Lipinski definition) is 0. The minimum Gasteiger partial charge on any atom is -0.494 e. The van der Waals surface area contributed by atoms with Crippen molar-refractivity contribution in [2.24, 2.45) is 0 Å². The van der Waals surface area contributed by atoms with E-state index in [1.165, 1.54) is 63.9 Å². The van der Waals surface area contributed by atoms with Gasteiger partial charge in [0, 0.05) is 5.56 Å². The van der Waals surface area contributed by atoms with E-state index in [9.17, 15) is 8.78 Å². The second kappa shape index (κ2) is 19.0. The Morgan fingerprint density at radius 1 is 0.400 bits per heavy atom. The molecule has 0 saturated carbocycles. The van der Waals surface area contributed by atoms with Crippen molar-refractivity contribution in [3.8, 4) is 44.9 Å². The third-order valence-corrected chi connectivity index (χ3v) is 8.42. The highest BCUT2D eigenvalue weighted by Crippen LogP contribution is 2.32. The lowest BCUT2D eigenvalue weighted by atomic mass is 9.98. The van der Waals surface area contributed by atoms with Gasteiger partial charge in [-0.15, -0.1) is 0 Å². The van der Waals surface area contributed by atoms with Gasteiger partial charge in [-0.1, -0.05) is 145 Å². The first-order chi connectivity index (χ1) is 22.1. The van der Waals surface area contributed by atoms with Crippen molar-refractivity contribution in [1.82, 2.24) is 0 Å². The van der Waals surface area contributed by atoms with Crippen LogP contribution >= 0.6 is 0 Å². The van der Waals surface area contributed by atoms with Gasteiger partial charge in [-0.2, -0.15) is 4.39 Å². The maximum absolute atomic E-state index is 14.9. The predicted octanol–water partition coefficient (Wildman–Crippen LogP) is 12.8. The minimum atomic E-state index is -0.933. The van der Waals surface area contributed by atoms with Crippen molar-refractivity contribution in [1.29, 1.82) is 0 Å². The molecule has 0 unspecified atom stereocenters. The molecule has 0 spiro atoms. The molecule has 0 bridgehead atoms. The van der Waals surface area contributed by atoms with E-state index in [2.05, 4.69) is 50.2 Å². The average molecular weight is 613 g/mol. The SMILES string of the molecule is CCCCCCCCCCCCOc1ccc(-c2ccc(-c3ccc(-c4ccc(OCCCCC)c(F)c4F)cc3)cc2)cc1. The van der Waals surface area contributed by atoms with E-state index in [1.54, 1.807) is 6.07 Å². The topological polar surface area (TPSA) is 18.5 Å². The van der Waals surface area contributed by atoms with Crippen LogP contribution in [0.4, 0.5) is 8.78 Å². The summed E-state index contributed by atoms with van der Waals surface area (Å²) < 4.78 is 41.0. The zero-order chi connectivity index (χ0) is 31.7. The number of hydrogen-bond acceptors (Lipinski definition) is 2. The van der Waals surface area contributed by atoms with Gasteiger partial charge >= 0.3 is 0 Å². The normalized spacial score (nSPS) is 11.1. The molecule has 4 heteroatoms. The van der Waals surface area contributed by atoms with E-state index in [0.29, 0.717) is 12.2 Å². The second-order valence-electron chi connectivity index (χ2n) is 12.0. The first-order valence-corrected chi connectivity index (χ1v) is 17.2. The van der Waals surface area contributed by atoms with Gasteiger partial charge in [-0.05, 0) is 64.9 Å². The number of ether oxygens (including phenoxy) is 2. The predicted molar refractivity (Wildman–Crippen MR) is 185 cm³/mol. The van der Waals surface area contributed by atoms with Crippen molar-refractivity contribution < 1.29 is 18.3 Å². The molecule has 0 atom stereocenters. The van der Waals surface area contributed by atoms with E-state index in [0.717, 1.165) is 60.3 Å². The van der Waals surface area contributed by atoms with Gasteiger partial charge < -0.3 is 9.47 Å². The average Bonchev–Trinajstić information content (AvgIpc) is 3.08. The maximum atomic E-state index is 14.9. The summed E-state index contributed by atoms with van der Waals surface area (Å²) in [6, 6.07) is 27.3. The highest BCUT2D eigenvalue weighted by Gasteiger charge is 2.16. The molecule has 0 heterocycles. The van der Waals surface area contributed by atoms with Gasteiger partial charge in [0.05, 0.1) is 13.2 Å². The molecule has 0 N–H and O–H groups in total. The van der Waals surface area contributed by atoms with Gasteiger partial charge in [0.15, 0.2) is 11.6 Å². The van der Waals surface area contributed by atoms with Crippen LogP contribution in [0.2, 0.25) is 0 Å². The Bertz CT molecular complexity index is 1400. The van der Waals surface area contributed by atoms with Crippen LogP contribution in [0.1, 0.15) is 97.3 Å². The van der Waals surface area contributed by atoms with Crippen LogP contribution in [0.25, 0.3) is 33.4 Å². The van der Waals surface area contributed by atoms with Crippen molar-refractivity contribution in [2.45, 2.75) is 97.3 Å². The first kappa shape index (κ1) is 34.2. The van der Waals surface area contributed by atoms with E-state index in [4.69, 9.17) is 9.47 Å². The number of halogens is 2. The van der Waals surface area contributed by atoms with Crippen molar-refractivity contribution >= 4 is 0 Å². The third-order valence-electron chi connectivity index (χ3n) is 8.42. The van der Waals surface area contributed by atoms with Gasteiger partial charge in [0.25, 0.3) is 0 Å². The summed E-state index contributed by atoms with van der Waals surface area (Å²) >= 11 is 0. The van der Waals surface area contributed by atoms with Crippen molar-refractivity contribution in [3.63, 3.8) is 0 Å². The number of unbranched alkanes of at least 4 members (excludes halogenated alkanes) is 11. The van der Waals surface area contributed by atoms with Gasteiger partial charge in [0.2, 0.25) is 5.82 Å². The summed E-state index contributed by atoms with van der Waals surface area (Å²) in [7, 11) is 0. The molecule has 4 aromatic carbocycles. The van der Waals surface area contributed by atoms with E-state index in [-0.39, 0.29) is 11.3 Å².